The number of anilines is 3. The van der Waals surface area contributed by atoms with Crippen molar-refractivity contribution in [3.63, 3.8) is 0 Å². The summed E-state index contributed by atoms with van der Waals surface area (Å²) >= 11 is 1.32. The molecule has 36 heavy (non-hydrogen) atoms. The van der Waals surface area contributed by atoms with Crippen LogP contribution in [0.15, 0.2) is 36.4 Å². The molecule has 1 saturated carbocycles. The first-order chi connectivity index (χ1) is 17.5. The van der Waals surface area contributed by atoms with Crippen LogP contribution in [0.4, 0.5) is 21.2 Å². The van der Waals surface area contributed by atoms with Crippen LogP contribution in [0.5, 0.6) is 0 Å². The Morgan fingerprint density at radius 3 is 2.61 bits per heavy atom. The second-order valence-corrected chi connectivity index (χ2v) is 10.9. The van der Waals surface area contributed by atoms with Gasteiger partial charge in [0, 0.05) is 25.7 Å². The predicted octanol–water partition coefficient (Wildman–Crippen LogP) is 5.96. The number of halogens is 1. The van der Waals surface area contributed by atoms with Crippen LogP contribution < -0.4 is 9.80 Å². The molecular weight excluding hydrogens is 473 g/mol. The first kappa shape index (κ1) is 22.9. The van der Waals surface area contributed by atoms with E-state index < -0.39 is 0 Å². The number of benzene rings is 1. The van der Waals surface area contributed by atoms with Gasteiger partial charge in [0.05, 0.1) is 5.69 Å². The molecule has 9 heteroatoms. The van der Waals surface area contributed by atoms with Crippen molar-refractivity contribution in [3.8, 4) is 17.3 Å². The highest BCUT2D eigenvalue weighted by molar-refractivity contribution is 7.16. The second kappa shape index (κ2) is 8.86. The van der Waals surface area contributed by atoms with Crippen LogP contribution in [0.2, 0.25) is 0 Å². The van der Waals surface area contributed by atoms with E-state index in [1.54, 1.807) is 12.1 Å². The first-order valence-corrected chi connectivity index (χ1v) is 13.4. The third-order valence-corrected chi connectivity index (χ3v) is 8.75. The first-order valence-electron chi connectivity index (χ1n) is 12.5. The maximum absolute atomic E-state index is 13.5. The molecule has 0 bridgehead atoms. The van der Waals surface area contributed by atoms with Crippen molar-refractivity contribution in [2.24, 2.45) is 5.41 Å². The highest BCUT2D eigenvalue weighted by atomic mass is 32.1. The van der Waals surface area contributed by atoms with Gasteiger partial charge >= 0.3 is 0 Å². The Kier molecular flexibility index (Phi) is 5.64. The molecule has 2 fully saturated rings. The van der Waals surface area contributed by atoms with Gasteiger partial charge in [0.1, 0.15) is 28.3 Å². The number of nitrogens with zero attached hydrogens (tertiary/aromatic N) is 7. The molecule has 4 heterocycles. The minimum absolute atomic E-state index is 0.318. The number of rotatable bonds is 5. The van der Waals surface area contributed by atoms with Gasteiger partial charge in [0.15, 0.2) is 16.6 Å². The Morgan fingerprint density at radius 2 is 1.89 bits per heavy atom. The standard InChI is InChI=1S/C27H28FN7S/c1-3-20-25(33(2)26-31-24(21(16-29)36-26)18-6-8-19(28)9-7-18)35-22(30-20)10-11-23(32-35)34-15-14-27(17-34)12-4-5-13-27/h6-11H,3-5,12-15,17H2,1-2H3. The lowest BCUT2D eigenvalue weighted by Crippen LogP contribution is -2.26. The highest BCUT2D eigenvalue weighted by Gasteiger charge is 2.40. The van der Waals surface area contributed by atoms with Crippen LogP contribution in [0.3, 0.4) is 0 Å². The SMILES string of the molecule is CCc1nc2ccc(N3CCC4(CCCC4)C3)nn2c1N(C)c1nc(-c2ccc(F)cc2)c(C#N)s1. The molecule has 4 aromatic rings. The zero-order chi connectivity index (χ0) is 24.9. The summed E-state index contributed by atoms with van der Waals surface area (Å²) in [5.74, 6) is 1.51. The molecule has 0 atom stereocenters. The van der Waals surface area contributed by atoms with E-state index in [9.17, 15) is 9.65 Å². The zero-order valence-corrected chi connectivity index (χ0v) is 21.4. The molecule has 1 aromatic carbocycles. The fraction of sp³-hybridized carbons (Fsp3) is 0.407. The Hall–Kier alpha value is -3.51. The van der Waals surface area contributed by atoms with Crippen LogP contribution in [-0.2, 0) is 6.42 Å². The Balaban J connectivity index is 1.38. The van der Waals surface area contributed by atoms with E-state index in [2.05, 4.69) is 24.0 Å². The number of aromatic nitrogens is 4. The molecule has 7 nitrogen and oxygen atoms in total. The van der Waals surface area contributed by atoms with E-state index in [-0.39, 0.29) is 5.82 Å². The molecule has 0 radical (unpaired) electrons. The van der Waals surface area contributed by atoms with Crippen molar-refractivity contribution in [1.29, 1.82) is 5.26 Å². The van der Waals surface area contributed by atoms with Crippen LogP contribution >= 0.6 is 11.3 Å². The molecule has 0 unspecified atom stereocenters. The van der Waals surface area contributed by atoms with Crippen molar-refractivity contribution >= 4 is 33.8 Å². The third-order valence-electron chi connectivity index (χ3n) is 7.71. The molecule has 184 valence electrons. The summed E-state index contributed by atoms with van der Waals surface area (Å²) in [4.78, 5) is 14.5. The van der Waals surface area contributed by atoms with Gasteiger partial charge < -0.3 is 9.80 Å². The maximum Gasteiger partial charge on any atom is 0.192 e. The molecule has 6 rings (SSSR count). The van der Waals surface area contributed by atoms with Gasteiger partial charge in [-0.25, -0.2) is 14.4 Å². The van der Waals surface area contributed by atoms with Gasteiger partial charge in [-0.05, 0) is 67.5 Å². The summed E-state index contributed by atoms with van der Waals surface area (Å²) in [7, 11) is 1.94. The summed E-state index contributed by atoms with van der Waals surface area (Å²) in [6.45, 7) is 4.19. The van der Waals surface area contributed by atoms with Crippen molar-refractivity contribution in [1.82, 2.24) is 19.6 Å². The molecule has 2 aliphatic rings. The molecule has 0 N–H and O–H groups in total. The number of thiazole rings is 1. The number of fused-ring (bicyclic) bond motifs is 1. The van der Waals surface area contributed by atoms with Crippen LogP contribution in [0.25, 0.3) is 16.9 Å². The summed E-state index contributed by atoms with van der Waals surface area (Å²) in [6, 6.07) is 12.5. The maximum atomic E-state index is 13.5. The van der Waals surface area contributed by atoms with Crippen molar-refractivity contribution in [2.45, 2.75) is 45.4 Å². The second-order valence-electron chi connectivity index (χ2n) is 9.93. The molecule has 1 spiro atoms. The monoisotopic (exact) mass is 501 g/mol. The number of nitriles is 1. The fourth-order valence-corrected chi connectivity index (χ4v) is 6.63. The fourth-order valence-electron chi connectivity index (χ4n) is 5.79. The molecule has 1 aliphatic heterocycles. The summed E-state index contributed by atoms with van der Waals surface area (Å²) < 4.78 is 15.4. The number of imidazole rings is 1. The van der Waals surface area contributed by atoms with Crippen LogP contribution in [0, 0.1) is 22.6 Å². The lowest BCUT2D eigenvalue weighted by Gasteiger charge is -2.24. The van der Waals surface area contributed by atoms with Gasteiger partial charge in [-0.3, -0.25) is 0 Å². The molecule has 3 aromatic heterocycles. The van der Waals surface area contributed by atoms with Crippen LogP contribution in [0.1, 0.15) is 49.6 Å². The van der Waals surface area contributed by atoms with Crippen molar-refractivity contribution in [2.75, 3.05) is 29.9 Å². The number of aryl methyl sites for hydroxylation is 1. The summed E-state index contributed by atoms with van der Waals surface area (Å²) in [6.07, 6.45) is 7.32. The van der Waals surface area contributed by atoms with E-state index in [0.29, 0.717) is 26.7 Å². The Labute approximate surface area is 213 Å². The molecular formula is C27H28FN7S. The molecule has 1 saturated heterocycles. The van der Waals surface area contributed by atoms with Gasteiger partial charge in [-0.2, -0.15) is 9.78 Å². The quantitative estimate of drug-likeness (QED) is 0.336. The van der Waals surface area contributed by atoms with Gasteiger partial charge in [-0.1, -0.05) is 31.1 Å². The Morgan fingerprint density at radius 1 is 1.11 bits per heavy atom. The normalized spacial score (nSPS) is 16.8. The van der Waals surface area contributed by atoms with Gasteiger partial charge in [-0.15, -0.1) is 5.10 Å². The molecule has 0 amide bonds. The molecule has 1 aliphatic carbocycles. The average molecular weight is 502 g/mol. The van der Waals surface area contributed by atoms with Crippen LogP contribution in [-0.4, -0.2) is 39.7 Å². The minimum Gasteiger partial charge on any atom is -0.355 e. The number of hydrogen-bond acceptors (Lipinski definition) is 7. The number of hydrogen-bond donors (Lipinski definition) is 0. The smallest absolute Gasteiger partial charge is 0.192 e. The van der Waals surface area contributed by atoms with Crippen molar-refractivity contribution in [3.05, 3.63) is 52.8 Å². The van der Waals surface area contributed by atoms with E-state index in [1.807, 2.05) is 22.5 Å². The summed E-state index contributed by atoms with van der Waals surface area (Å²) in [5, 5.41) is 15.5. The Bertz CT molecular complexity index is 1460. The van der Waals surface area contributed by atoms with E-state index >= 15 is 0 Å². The van der Waals surface area contributed by atoms with E-state index in [1.165, 1.54) is 55.6 Å². The van der Waals surface area contributed by atoms with Gasteiger partial charge in [0.25, 0.3) is 0 Å². The summed E-state index contributed by atoms with van der Waals surface area (Å²) in [5.41, 5.74) is 3.46. The highest BCUT2D eigenvalue weighted by Crippen LogP contribution is 2.46. The largest absolute Gasteiger partial charge is 0.355 e. The van der Waals surface area contributed by atoms with E-state index in [0.717, 1.165) is 42.5 Å². The lowest BCUT2D eigenvalue weighted by atomic mass is 9.86. The average Bonchev–Trinajstić information content (AvgIpc) is 3.69. The van der Waals surface area contributed by atoms with Crippen molar-refractivity contribution < 1.29 is 4.39 Å². The zero-order valence-electron chi connectivity index (χ0n) is 20.5. The minimum atomic E-state index is -0.318. The predicted molar refractivity (Wildman–Crippen MR) is 140 cm³/mol. The van der Waals surface area contributed by atoms with Gasteiger partial charge in [0.2, 0.25) is 0 Å². The van der Waals surface area contributed by atoms with E-state index in [4.69, 9.17) is 15.1 Å². The lowest BCUT2D eigenvalue weighted by molar-refractivity contribution is 0.340. The topological polar surface area (TPSA) is 73.4 Å². The third kappa shape index (κ3) is 3.80.